The van der Waals surface area contributed by atoms with E-state index in [0.717, 1.165) is 29.6 Å². The minimum absolute atomic E-state index is 0.366. The number of aromatic nitrogens is 2. The first-order valence-corrected chi connectivity index (χ1v) is 6.26. The fraction of sp³-hybridized carbons (Fsp3) is 0.357. The van der Waals surface area contributed by atoms with E-state index in [1.807, 2.05) is 24.3 Å². The molecule has 1 aromatic heterocycles. The summed E-state index contributed by atoms with van der Waals surface area (Å²) in [5, 5.41) is 21.4. The topological polar surface area (TPSA) is 61.6 Å². The van der Waals surface area contributed by atoms with Crippen LogP contribution in [0.15, 0.2) is 24.3 Å². The Morgan fingerprint density at radius 2 is 2.06 bits per heavy atom. The van der Waals surface area contributed by atoms with Crippen LogP contribution >= 0.6 is 0 Å². The first kappa shape index (κ1) is 12.3. The van der Waals surface area contributed by atoms with Gasteiger partial charge in [-0.05, 0) is 12.5 Å². The van der Waals surface area contributed by atoms with E-state index in [4.69, 9.17) is 5.26 Å². The van der Waals surface area contributed by atoms with Crippen molar-refractivity contribution < 1.29 is 0 Å². The lowest BCUT2D eigenvalue weighted by Crippen LogP contribution is -2.06. The predicted molar refractivity (Wildman–Crippen MR) is 72.3 cm³/mol. The lowest BCUT2D eigenvalue weighted by molar-refractivity contribution is 0.743. The molecule has 0 radical (unpaired) electrons. The van der Waals surface area contributed by atoms with Gasteiger partial charge in [0, 0.05) is 11.9 Å². The van der Waals surface area contributed by atoms with E-state index in [1.165, 1.54) is 12.8 Å². The Labute approximate surface area is 107 Å². The Hall–Kier alpha value is -2.15. The number of nitrogens with one attached hydrogen (secondary N) is 1. The Kier molecular flexibility index (Phi) is 4.08. The zero-order valence-electron chi connectivity index (χ0n) is 10.5. The molecule has 1 N–H and O–H groups in total. The fourth-order valence-electron chi connectivity index (χ4n) is 1.90. The van der Waals surface area contributed by atoms with Crippen molar-refractivity contribution in [2.24, 2.45) is 0 Å². The monoisotopic (exact) mass is 240 g/mol. The van der Waals surface area contributed by atoms with E-state index in [0.29, 0.717) is 5.69 Å². The number of hydrogen-bond acceptors (Lipinski definition) is 4. The number of nitriles is 1. The highest BCUT2D eigenvalue weighted by Gasteiger charge is 2.09. The maximum atomic E-state index is 9.09. The highest BCUT2D eigenvalue weighted by molar-refractivity contribution is 5.92. The first-order chi connectivity index (χ1) is 8.86. The average Bonchev–Trinajstić information content (AvgIpc) is 2.43. The largest absolute Gasteiger partial charge is 0.382 e. The summed E-state index contributed by atoms with van der Waals surface area (Å²) in [4.78, 5) is 0. The third kappa shape index (κ3) is 2.57. The van der Waals surface area contributed by atoms with Gasteiger partial charge in [0.2, 0.25) is 0 Å². The normalized spacial score (nSPS) is 10.2. The minimum atomic E-state index is 0.366. The number of anilines is 1. The second-order valence-corrected chi connectivity index (χ2v) is 4.19. The van der Waals surface area contributed by atoms with Crippen LogP contribution in [0, 0.1) is 11.3 Å². The molecule has 0 unspecified atom stereocenters. The Morgan fingerprint density at radius 3 is 2.83 bits per heavy atom. The van der Waals surface area contributed by atoms with Crippen molar-refractivity contribution in [3.05, 3.63) is 30.0 Å². The van der Waals surface area contributed by atoms with Gasteiger partial charge < -0.3 is 5.32 Å². The van der Waals surface area contributed by atoms with Crippen LogP contribution in [0.4, 0.5) is 5.69 Å². The van der Waals surface area contributed by atoms with Crippen molar-refractivity contribution in [1.29, 1.82) is 5.26 Å². The van der Waals surface area contributed by atoms with Crippen molar-refractivity contribution in [3.8, 4) is 6.07 Å². The van der Waals surface area contributed by atoms with Gasteiger partial charge in [-0.15, -0.1) is 10.2 Å². The van der Waals surface area contributed by atoms with Gasteiger partial charge in [-0.3, -0.25) is 0 Å². The highest BCUT2D eigenvalue weighted by Crippen LogP contribution is 2.23. The molecule has 0 saturated heterocycles. The third-order valence-electron chi connectivity index (χ3n) is 2.86. The van der Waals surface area contributed by atoms with Crippen LogP contribution in [0.25, 0.3) is 10.9 Å². The molecule has 0 amide bonds. The first-order valence-electron chi connectivity index (χ1n) is 6.26. The van der Waals surface area contributed by atoms with E-state index in [9.17, 15) is 0 Å². The molecule has 92 valence electrons. The van der Waals surface area contributed by atoms with Gasteiger partial charge in [-0.2, -0.15) is 5.26 Å². The molecular weight excluding hydrogens is 224 g/mol. The van der Waals surface area contributed by atoms with Crippen LogP contribution < -0.4 is 5.32 Å². The van der Waals surface area contributed by atoms with E-state index in [1.54, 1.807) is 0 Å². The maximum Gasteiger partial charge on any atom is 0.186 e. The zero-order valence-corrected chi connectivity index (χ0v) is 10.5. The summed E-state index contributed by atoms with van der Waals surface area (Å²) in [7, 11) is 0. The lowest BCUT2D eigenvalue weighted by Gasteiger charge is -2.09. The molecule has 2 rings (SSSR count). The number of unbranched alkanes of at least 4 members (excludes halogenated alkanes) is 2. The van der Waals surface area contributed by atoms with Crippen LogP contribution in [0.2, 0.25) is 0 Å². The SMILES string of the molecule is CCCCCNc1c(C#N)nnc2ccccc12. The van der Waals surface area contributed by atoms with Gasteiger partial charge in [0.05, 0.1) is 11.2 Å². The summed E-state index contributed by atoms with van der Waals surface area (Å²) in [6.45, 7) is 3.03. The van der Waals surface area contributed by atoms with Crippen LogP contribution in [0.5, 0.6) is 0 Å². The molecule has 0 saturated carbocycles. The van der Waals surface area contributed by atoms with Gasteiger partial charge in [0.15, 0.2) is 5.69 Å². The molecule has 4 nitrogen and oxygen atoms in total. The summed E-state index contributed by atoms with van der Waals surface area (Å²) < 4.78 is 0. The molecule has 0 spiro atoms. The van der Waals surface area contributed by atoms with Crippen LogP contribution in [0.3, 0.4) is 0 Å². The Balaban J connectivity index is 2.30. The van der Waals surface area contributed by atoms with Crippen LogP contribution in [0.1, 0.15) is 31.9 Å². The smallest absolute Gasteiger partial charge is 0.186 e. The molecule has 1 heterocycles. The van der Waals surface area contributed by atoms with Crippen LogP contribution in [-0.2, 0) is 0 Å². The van der Waals surface area contributed by atoms with Gasteiger partial charge in [0.25, 0.3) is 0 Å². The zero-order chi connectivity index (χ0) is 12.8. The number of fused-ring (bicyclic) bond motifs is 1. The van der Waals surface area contributed by atoms with Gasteiger partial charge in [-0.1, -0.05) is 38.0 Å². The van der Waals surface area contributed by atoms with Crippen molar-refractivity contribution in [3.63, 3.8) is 0 Å². The van der Waals surface area contributed by atoms with Crippen molar-refractivity contribution in [1.82, 2.24) is 10.2 Å². The number of nitrogens with zero attached hydrogens (tertiary/aromatic N) is 3. The average molecular weight is 240 g/mol. The summed E-state index contributed by atoms with van der Waals surface area (Å²) in [6.07, 6.45) is 3.46. The molecule has 1 aromatic carbocycles. The molecule has 0 aliphatic heterocycles. The van der Waals surface area contributed by atoms with E-state index < -0.39 is 0 Å². The maximum absolute atomic E-state index is 9.09. The second-order valence-electron chi connectivity index (χ2n) is 4.19. The molecule has 0 aliphatic carbocycles. The highest BCUT2D eigenvalue weighted by atomic mass is 15.1. The summed E-state index contributed by atoms with van der Waals surface area (Å²) >= 11 is 0. The molecule has 0 bridgehead atoms. The molecule has 0 fully saturated rings. The molecule has 4 heteroatoms. The molecule has 0 aliphatic rings. The van der Waals surface area contributed by atoms with Gasteiger partial charge >= 0.3 is 0 Å². The summed E-state index contributed by atoms with van der Waals surface area (Å²) in [5.41, 5.74) is 1.99. The Bertz CT molecular complexity index is 572. The van der Waals surface area contributed by atoms with E-state index in [-0.39, 0.29) is 0 Å². The minimum Gasteiger partial charge on any atom is -0.382 e. The number of rotatable bonds is 5. The van der Waals surface area contributed by atoms with Gasteiger partial charge in [-0.25, -0.2) is 0 Å². The van der Waals surface area contributed by atoms with E-state index in [2.05, 4.69) is 28.5 Å². The van der Waals surface area contributed by atoms with Crippen LogP contribution in [-0.4, -0.2) is 16.7 Å². The number of hydrogen-bond donors (Lipinski definition) is 1. The lowest BCUT2D eigenvalue weighted by atomic mass is 10.1. The quantitative estimate of drug-likeness (QED) is 0.816. The van der Waals surface area contributed by atoms with Crippen molar-refractivity contribution in [2.75, 3.05) is 11.9 Å². The Morgan fingerprint density at radius 1 is 1.22 bits per heavy atom. The van der Waals surface area contributed by atoms with Crippen molar-refractivity contribution >= 4 is 16.6 Å². The van der Waals surface area contributed by atoms with Gasteiger partial charge in [0.1, 0.15) is 6.07 Å². The molecule has 0 atom stereocenters. The number of benzene rings is 1. The third-order valence-corrected chi connectivity index (χ3v) is 2.86. The van der Waals surface area contributed by atoms with E-state index >= 15 is 0 Å². The fourth-order valence-corrected chi connectivity index (χ4v) is 1.90. The second kappa shape index (κ2) is 5.97. The summed E-state index contributed by atoms with van der Waals surface area (Å²) in [5.74, 6) is 0. The molecular formula is C14H16N4. The molecule has 2 aromatic rings. The van der Waals surface area contributed by atoms with Crippen molar-refractivity contribution in [2.45, 2.75) is 26.2 Å². The summed E-state index contributed by atoms with van der Waals surface area (Å²) in [6, 6.07) is 9.83. The standard InChI is InChI=1S/C14H16N4/c1-2-3-6-9-16-14-11-7-4-5-8-12(11)17-18-13(14)10-15/h4-5,7-8H,2-3,6,9H2,1H3,(H,16,17). The molecule has 18 heavy (non-hydrogen) atoms. The predicted octanol–water partition coefficient (Wildman–Crippen LogP) is 3.10.